The van der Waals surface area contributed by atoms with Crippen LogP contribution in [0.5, 0.6) is 5.75 Å². The molecule has 33 heavy (non-hydrogen) atoms. The average Bonchev–Trinajstić information content (AvgIpc) is 3.14. The van der Waals surface area contributed by atoms with Crippen LogP contribution in [0.3, 0.4) is 0 Å². The highest BCUT2D eigenvalue weighted by atomic mass is 79.9. The lowest BCUT2D eigenvalue weighted by Gasteiger charge is -2.27. The molecule has 3 aromatic rings. The quantitative estimate of drug-likeness (QED) is 0.382. The van der Waals surface area contributed by atoms with Crippen molar-refractivity contribution in [3.63, 3.8) is 0 Å². The third-order valence-corrected chi connectivity index (χ3v) is 6.14. The molecule has 0 fully saturated rings. The number of nitrogens with zero attached hydrogens (tertiary/aromatic N) is 1. The number of alkyl halides is 1. The number of benzene rings is 2. The van der Waals surface area contributed by atoms with E-state index >= 15 is 0 Å². The summed E-state index contributed by atoms with van der Waals surface area (Å²) in [7, 11) is 0. The Morgan fingerprint density at radius 2 is 1.88 bits per heavy atom. The van der Waals surface area contributed by atoms with Crippen molar-refractivity contribution in [3.05, 3.63) is 57.2 Å². The van der Waals surface area contributed by atoms with Crippen LogP contribution in [0.1, 0.15) is 31.9 Å². The minimum Gasteiger partial charge on any atom is -0.506 e. The first kappa shape index (κ1) is 24.8. The molecule has 3 N–H and O–H groups in total. The number of carbonyl (C=O) groups excluding carboxylic acids is 2. The molecule has 0 aliphatic heterocycles. The number of anilines is 1. The van der Waals surface area contributed by atoms with Gasteiger partial charge in [-0.25, -0.2) is 4.79 Å². The molecule has 2 aromatic carbocycles. The van der Waals surface area contributed by atoms with E-state index in [0.29, 0.717) is 35.4 Å². The molecule has 8 nitrogen and oxygen atoms in total. The molecule has 1 aromatic heterocycles. The highest BCUT2D eigenvalue weighted by molar-refractivity contribution is 9.09. The van der Waals surface area contributed by atoms with Crippen LogP contribution < -0.4 is 10.2 Å². The normalized spacial score (nSPS) is 11.4. The van der Waals surface area contributed by atoms with Crippen molar-refractivity contribution < 1.29 is 19.4 Å². The summed E-state index contributed by atoms with van der Waals surface area (Å²) >= 11 is 4.14. The first-order valence-corrected chi connectivity index (χ1v) is 12.3. The number of ether oxygens (including phenoxy) is 1. The summed E-state index contributed by atoms with van der Waals surface area (Å²) < 4.78 is 6.27. The zero-order valence-electron chi connectivity index (χ0n) is 18.6. The van der Waals surface area contributed by atoms with Gasteiger partial charge in [0.05, 0.1) is 10.0 Å². The summed E-state index contributed by atoms with van der Waals surface area (Å²) in [4.78, 5) is 40.2. The molecule has 0 radical (unpaired) electrons. The molecule has 0 spiro atoms. The zero-order valence-corrected chi connectivity index (χ0v) is 21.0. The third-order valence-electron chi connectivity index (χ3n) is 4.67. The summed E-state index contributed by atoms with van der Waals surface area (Å²) in [5, 5.41) is 13.0. The van der Waals surface area contributed by atoms with Crippen LogP contribution in [0.25, 0.3) is 10.2 Å². The van der Waals surface area contributed by atoms with Crippen LogP contribution in [-0.4, -0.2) is 44.5 Å². The first-order chi connectivity index (χ1) is 15.6. The van der Waals surface area contributed by atoms with Crippen LogP contribution in [0.4, 0.5) is 10.5 Å². The number of nitrogens with one attached hydrogen (secondary N) is 2. The number of carbonyl (C=O) groups is 2. The number of rotatable bonds is 7. The minimum atomic E-state index is -0.648. The Kier molecular flexibility index (Phi) is 7.80. The summed E-state index contributed by atoms with van der Waals surface area (Å²) in [5.41, 5.74) is 2.16. The molecule has 0 saturated heterocycles. The predicted molar refractivity (Wildman–Crippen MR) is 133 cm³/mol. The van der Waals surface area contributed by atoms with Gasteiger partial charge in [-0.3, -0.25) is 9.59 Å². The number of phenols is 1. The fourth-order valence-electron chi connectivity index (χ4n) is 3.19. The molecule has 2 amide bonds. The Labute approximate surface area is 203 Å². The number of thiazole rings is 1. The van der Waals surface area contributed by atoms with E-state index in [1.165, 1.54) is 6.07 Å². The topological polar surface area (TPSA) is 112 Å². The van der Waals surface area contributed by atoms with Gasteiger partial charge in [-0.15, -0.1) is 0 Å². The van der Waals surface area contributed by atoms with Crippen molar-refractivity contribution in [2.24, 2.45) is 0 Å². The minimum absolute atomic E-state index is 0.0168. The second-order valence-corrected chi connectivity index (χ2v) is 10.0. The van der Waals surface area contributed by atoms with Crippen molar-refractivity contribution in [2.75, 3.05) is 17.2 Å². The number of aromatic amines is 1. The summed E-state index contributed by atoms with van der Waals surface area (Å²) in [6.07, 6.45) is 0.0277. The van der Waals surface area contributed by atoms with Gasteiger partial charge in [-0.1, -0.05) is 45.5 Å². The Balaban J connectivity index is 1.79. The van der Waals surface area contributed by atoms with E-state index in [1.54, 1.807) is 23.1 Å². The lowest BCUT2D eigenvalue weighted by atomic mass is 10.1. The smallest absolute Gasteiger partial charge is 0.410 e. The number of halogens is 1. The summed E-state index contributed by atoms with van der Waals surface area (Å²) in [6, 6.07) is 10.6. The molecule has 0 saturated carbocycles. The number of hydrogen-bond donors (Lipinski definition) is 3. The van der Waals surface area contributed by atoms with E-state index in [1.807, 2.05) is 32.9 Å². The fraction of sp³-hybridized carbons (Fsp3) is 0.348. The van der Waals surface area contributed by atoms with E-state index in [4.69, 9.17) is 4.74 Å². The maximum Gasteiger partial charge on any atom is 0.410 e. The number of H-pyrrole nitrogens is 1. The zero-order chi connectivity index (χ0) is 24.2. The van der Waals surface area contributed by atoms with E-state index in [-0.39, 0.29) is 21.9 Å². The van der Waals surface area contributed by atoms with Gasteiger partial charge < -0.3 is 25.0 Å². The van der Waals surface area contributed by atoms with Crippen molar-refractivity contribution in [1.29, 1.82) is 0 Å². The van der Waals surface area contributed by atoms with Crippen molar-refractivity contribution in [3.8, 4) is 5.75 Å². The Hall–Kier alpha value is -2.85. The molecule has 176 valence electrons. The van der Waals surface area contributed by atoms with Crippen LogP contribution in [-0.2, 0) is 22.5 Å². The molecule has 3 rings (SSSR count). The van der Waals surface area contributed by atoms with Gasteiger partial charge in [0.15, 0.2) is 0 Å². The highest BCUT2D eigenvalue weighted by Gasteiger charge is 2.23. The fourth-order valence-corrected chi connectivity index (χ4v) is 4.23. The molecule has 1 heterocycles. The van der Waals surface area contributed by atoms with E-state index in [2.05, 4.69) is 26.2 Å². The van der Waals surface area contributed by atoms with Gasteiger partial charge in [-0.05, 0) is 56.5 Å². The average molecular weight is 536 g/mol. The van der Waals surface area contributed by atoms with Crippen LogP contribution >= 0.6 is 27.3 Å². The van der Waals surface area contributed by atoms with Crippen molar-refractivity contribution in [1.82, 2.24) is 9.88 Å². The number of aromatic hydroxyl groups is 1. The van der Waals surface area contributed by atoms with E-state index in [0.717, 1.165) is 22.5 Å². The van der Waals surface area contributed by atoms with E-state index < -0.39 is 11.7 Å². The highest BCUT2D eigenvalue weighted by Crippen LogP contribution is 2.28. The SMILES string of the molecule is CC(C)(C)OC(=O)N(CCc1ccc(O)c2[nH]c(=O)sc12)Cc1ccc(NC(=O)CBr)cc1. The van der Waals surface area contributed by atoms with Crippen molar-refractivity contribution in [2.45, 2.75) is 39.3 Å². The Morgan fingerprint density at radius 1 is 1.18 bits per heavy atom. The lowest BCUT2D eigenvalue weighted by molar-refractivity contribution is -0.113. The van der Waals surface area contributed by atoms with Crippen LogP contribution in [0.15, 0.2) is 41.2 Å². The molecule has 0 atom stereocenters. The van der Waals surface area contributed by atoms with Crippen molar-refractivity contribution >= 4 is 55.2 Å². The van der Waals surface area contributed by atoms with Gasteiger partial charge in [0, 0.05) is 18.8 Å². The van der Waals surface area contributed by atoms with Crippen LogP contribution in [0, 0.1) is 0 Å². The summed E-state index contributed by atoms with van der Waals surface area (Å²) in [5.74, 6) is -0.131. The molecule has 0 aliphatic carbocycles. The molecule has 0 aliphatic rings. The molecular formula is C23H26BrN3O5S. The molecule has 10 heteroatoms. The van der Waals surface area contributed by atoms with Gasteiger partial charge >= 0.3 is 11.0 Å². The van der Waals surface area contributed by atoms with Crippen LogP contribution in [0.2, 0.25) is 0 Å². The standard InChI is InChI=1S/C23H26BrN3O5S/c1-23(2,3)32-22(31)27(13-14-4-7-16(8-5-14)25-18(29)12-24)11-10-15-6-9-17(28)19-20(15)33-21(30)26-19/h4-9,28H,10-13H2,1-3H3,(H,25,29)(H,26,30). The van der Waals surface area contributed by atoms with Gasteiger partial charge in [0.1, 0.15) is 16.9 Å². The predicted octanol–water partition coefficient (Wildman–Crippen LogP) is 4.61. The number of fused-ring (bicyclic) bond motifs is 1. The van der Waals surface area contributed by atoms with Gasteiger partial charge in [-0.2, -0.15) is 0 Å². The largest absolute Gasteiger partial charge is 0.506 e. The first-order valence-electron chi connectivity index (χ1n) is 10.3. The molecule has 0 bridgehead atoms. The Bertz CT molecular complexity index is 1200. The number of hydrogen-bond acceptors (Lipinski definition) is 6. The second kappa shape index (κ2) is 10.4. The monoisotopic (exact) mass is 535 g/mol. The van der Waals surface area contributed by atoms with Gasteiger partial charge in [0.2, 0.25) is 5.91 Å². The maximum absolute atomic E-state index is 12.9. The van der Waals surface area contributed by atoms with E-state index in [9.17, 15) is 19.5 Å². The molecular weight excluding hydrogens is 510 g/mol. The lowest BCUT2D eigenvalue weighted by Crippen LogP contribution is -2.37. The number of aromatic nitrogens is 1. The number of phenolic OH excluding ortho intramolecular Hbond substituents is 1. The maximum atomic E-state index is 12.9. The number of amides is 2. The van der Waals surface area contributed by atoms with Gasteiger partial charge in [0.25, 0.3) is 0 Å². The Morgan fingerprint density at radius 3 is 2.52 bits per heavy atom. The summed E-state index contributed by atoms with van der Waals surface area (Å²) in [6.45, 7) is 6.09. The third kappa shape index (κ3) is 6.82. The second-order valence-electron chi connectivity index (χ2n) is 8.49. The molecule has 0 unspecified atom stereocenters.